The van der Waals surface area contributed by atoms with Crippen molar-refractivity contribution in [3.8, 4) is 0 Å². The van der Waals surface area contributed by atoms with E-state index < -0.39 is 32.5 Å². The van der Waals surface area contributed by atoms with E-state index in [1.165, 1.54) is 51.4 Å². The monoisotopic (exact) mass is 1110 g/mol. The van der Waals surface area contributed by atoms with Gasteiger partial charge in [-0.3, -0.25) is 18.6 Å². The van der Waals surface area contributed by atoms with Crippen molar-refractivity contribution in [1.29, 1.82) is 0 Å². The van der Waals surface area contributed by atoms with Gasteiger partial charge in [0.15, 0.2) is 6.10 Å². The Kier molecular flexibility index (Phi) is 59.3. The summed E-state index contributed by atoms with van der Waals surface area (Å²) in [5.74, 6) is -0.861. The number of hydrogen-bond acceptors (Lipinski definition) is 8. The molecule has 10 heteroatoms. The first-order valence-corrected chi connectivity index (χ1v) is 32.5. The molecule has 0 amide bonds. The van der Waals surface area contributed by atoms with Crippen LogP contribution in [0.5, 0.6) is 0 Å². The van der Waals surface area contributed by atoms with Crippen LogP contribution in [0.2, 0.25) is 0 Å². The zero-order valence-electron chi connectivity index (χ0n) is 49.8. The first kappa shape index (κ1) is 74.6. The SMILES string of the molecule is CC/C=C\C/C=C\C/C=C\C/C=C\C/C=C\C/C=C\C/C=C\C/C=C\CCCCCCCCCCCCCCC(=O)OC(COC(=O)CCCCCCC/C=C\C/C=C\C/C=C\C/C=C\C/C=C\CC)COP(=O)(O)OCCN. The van der Waals surface area contributed by atoms with Crippen molar-refractivity contribution in [2.24, 2.45) is 5.73 Å². The molecule has 2 atom stereocenters. The summed E-state index contributed by atoms with van der Waals surface area (Å²) in [5, 5.41) is 0. The molecule has 0 fully saturated rings. The van der Waals surface area contributed by atoms with Crippen molar-refractivity contribution in [1.82, 2.24) is 0 Å². The Bertz CT molecular complexity index is 1850. The Morgan fingerprint density at radius 1 is 0.380 bits per heavy atom. The first-order valence-electron chi connectivity index (χ1n) is 31.0. The lowest BCUT2D eigenvalue weighted by Crippen LogP contribution is -2.29. The number of ether oxygens (including phenoxy) is 2. The van der Waals surface area contributed by atoms with Crippen molar-refractivity contribution in [2.45, 2.75) is 238 Å². The molecule has 0 saturated heterocycles. The molecule has 0 aliphatic heterocycles. The van der Waals surface area contributed by atoms with Crippen LogP contribution in [0.3, 0.4) is 0 Å². The maximum atomic E-state index is 12.7. The van der Waals surface area contributed by atoms with E-state index in [4.69, 9.17) is 24.3 Å². The fourth-order valence-electron chi connectivity index (χ4n) is 7.91. The maximum absolute atomic E-state index is 12.7. The number of rotatable bonds is 56. The minimum Gasteiger partial charge on any atom is -0.462 e. The zero-order valence-corrected chi connectivity index (χ0v) is 50.7. The van der Waals surface area contributed by atoms with Gasteiger partial charge in [0.1, 0.15) is 6.61 Å². The van der Waals surface area contributed by atoms with Crippen molar-refractivity contribution in [3.05, 3.63) is 158 Å². The van der Waals surface area contributed by atoms with Crippen molar-refractivity contribution in [2.75, 3.05) is 26.4 Å². The summed E-state index contributed by atoms with van der Waals surface area (Å²) in [6.07, 6.45) is 91.6. The molecule has 0 saturated carbocycles. The van der Waals surface area contributed by atoms with Crippen LogP contribution in [0, 0.1) is 0 Å². The predicted molar refractivity (Wildman–Crippen MR) is 339 cm³/mol. The lowest BCUT2D eigenvalue weighted by atomic mass is 10.0. The summed E-state index contributed by atoms with van der Waals surface area (Å²) in [6, 6.07) is 0. The van der Waals surface area contributed by atoms with Gasteiger partial charge >= 0.3 is 19.8 Å². The Morgan fingerprint density at radius 2 is 0.658 bits per heavy atom. The molecule has 0 aliphatic rings. The molecule has 0 rings (SSSR count). The van der Waals surface area contributed by atoms with Gasteiger partial charge in [-0.1, -0.05) is 255 Å². The average Bonchev–Trinajstić information content (AvgIpc) is 3.44. The third-order valence-electron chi connectivity index (χ3n) is 12.4. The third kappa shape index (κ3) is 62.7. The van der Waals surface area contributed by atoms with Crippen LogP contribution in [-0.4, -0.2) is 49.3 Å². The van der Waals surface area contributed by atoms with E-state index in [0.717, 1.165) is 141 Å². The smallest absolute Gasteiger partial charge is 0.462 e. The number of phosphoric ester groups is 1. The zero-order chi connectivity index (χ0) is 57.3. The highest BCUT2D eigenvalue weighted by Crippen LogP contribution is 2.43. The van der Waals surface area contributed by atoms with E-state index in [1.807, 2.05) is 0 Å². The van der Waals surface area contributed by atoms with Gasteiger partial charge in [0, 0.05) is 19.4 Å². The molecule has 446 valence electrons. The van der Waals surface area contributed by atoms with Gasteiger partial charge in [-0.2, -0.15) is 0 Å². The molecule has 0 aromatic rings. The molecule has 0 aromatic heterocycles. The standard InChI is InChI=1S/C69H112NO8P/c1-3-5-7-9-11-13-15-17-19-21-23-25-26-27-28-29-30-31-32-33-34-35-36-37-38-39-40-42-44-46-48-50-52-54-56-58-60-62-69(72)78-67(66-77-79(73,74)76-64-63-70)65-75-68(71)61-59-57-55-53-51-49-47-45-43-41-24-22-20-18-16-14-12-10-8-6-4-2/h5-8,11-14,17-20,23-25,27-28,30-31,33-34,36-37,41,45,47,67H,3-4,9-10,15-16,21-22,26,29,32,35,38-40,42-44,46,48-66,70H2,1-2H3,(H,73,74)/b7-5-,8-6-,13-11-,14-12-,19-17-,20-18-,25-23-,28-27-,31-30-,34-33-,37-36-,41-24-,47-45-. The van der Waals surface area contributed by atoms with Gasteiger partial charge in [-0.05, 0) is 122 Å². The molecule has 2 unspecified atom stereocenters. The Hall–Kier alpha value is -4.37. The van der Waals surface area contributed by atoms with Gasteiger partial charge in [0.05, 0.1) is 13.2 Å². The molecule has 0 radical (unpaired) electrons. The molecule has 0 bridgehead atoms. The molecule has 3 N–H and O–H groups in total. The molecule has 9 nitrogen and oxygen atoms in total. The number of allylic oxidation sites excluding steroid dienone is 26. The summed E-state index contributed by atoms with van der Waals surface area (Å²) in [6.45, 7) is 3.48. The van der Waals surface area contributed by atoms with E-state index in [9.17, 15) is 19.0 Å². The average molecular weight is 1110 g/mol. The predicted octanol–water partition coefficient (Wildman–Crippen LogP) is 20.1. The largest absolute Gasteiger partial charge is 0.472 e. The maximum Gasteiger partial charge on any atom is 0.472 e. The van der Waals surface area contributed by atoms with E-state index in [0.29, 0.717) is 12.8 Å². The van der Waals surface area contributed by atoms with Crippen LogP contribution in [-0.2, 0) is 32.7 Å². The van der Waals surface area contributed by atoms with Gasteiger partial charge < -0.3 is 20.1 Å². The Morgan fingerprint density at radius 3 is 0.975 bits per heavy atom. The van der Waals surface area contributed by atoms with E-state index >= 15 is 0 Å². The number of carbonyl (C=O) groups is 2. The van der Waals surface area contributed by atoms with Crippen LogP contribution >= 0.6 is 7.82 Å². The molecule has 79 heavy (non-hydrogen) atoms. The van der Waals surface area contributed by atoms with Crippen LogP contribution in [0.25, 0.3) is 0 Å². The summed E-state index contributed by atoms with van der Waals surface area (Å²) in [7, 11) is -4.41. The van der Waals surface area contributed by atoms with E-state index in [-0.39, 0.29) is 32.6 Å². The second-order valence-corrected chi connectivity index (χ2v) is 21.3. The summed E-state index contributed by atoms with van der Waals surface area (Å²) in [4.78, 5) is 35.2. The summed E-state index contributed by atoms with van der Waals surface area (Å²) < 4.78 is 33.0. The lowest BCUT2D eigenvalue weighted by molar-refractivity contribution is -0.161. The number of carbonyl (C=O) groups excluding carboxylic acids is 2. The summed E-state index contributed by atoms with van der Waals surface area (Å²) in [5.41, 5.74) is 5.38. The van der Waals surface area contributed by atoms with Crippen LogP contribution in [0.4, 0.5) is 0 Å². The van der Waals surface area contributed by atoms with Gasteiger partial charge in [-0.15, -0.1) is 0 Å². The van der Waals surface area contributed by atoms with Crippen molar-refractivity contribution in [3.63, 3.8) is 0 Å². The Labute approximate surface area is 483 Å². The highest BCUT2D eigenvalue weighted by atomic mass is 31.2. The normalized spacial score (nSPS) is 14.1. The number of nitrogens with two attached hydrogens (primary N) is 1. The third-order valence-corrected chi connectivity index (χ3v) is 13.4. The molecule has 0 aromatic carbocycles. The van der Waals surface area contributed by atoms with Crippen molar-refractivity contribution >= 4 is 19.8 Å². The molecular formula is C69H112NO8P. The second-order valence-electron chi connectivity index (χ2n) is 19.8. The van der Waals surface area contributed by atoms with Gasteiger partial charge in [0.25, 0.3) is 0 Å². The van der Waals surface area contributed by atoms with E-state index in [2.05, 4.69) is 172 Å². The topological polar surface area (TPSA) is 134 Å². The number of esters is 2. The number of unbranched alkanes of at least 4 members (excludes halogenated alkanes) is 17. The van der Waals surface area contributed by atoms with Gasteiger partial charge in [0.2, 0.25) is 0 Å². The summed E-state index contributed by atoms with van der Waals surface area (Å²) >= 11 is 0. The number of hydrogen-bond donors (Lipinski definition) is 2. The molecule has 0 heterocycles. The van der Waals surface area contributed by atoms with Crippen LogP contribution < -0.4 is 5.73 Å². The van der Waals surface area contributed by atoms with E-state index in [1.54, 1.807) is 0 Å². The lowest BCUT2D eigenvalue weighted by Gasteiger charge is -2.19. The van der Waals surface area contributed by atoms with Crippen LogP contribution in [0.1, 0.15) is 232 Å². The number of phosphoric acid groups is 1. The van der Waals surface area contributed by atoms with Gasteiger partial charge in [-0.25, -0.2) is 4.57 Å². The second kappa shape index (κ2) is 62.8. The highest BCUT2D eigenvalue weighted by molar-refractivity contribution is 7.47. The first-order chi connectivity index (χ1) is 38.8. The molecule has 0 spiro atoms. The Balaban J connectivity index is 4.00. The molecule has 0 aliphatic carbocycles. The minimum atomic E-state index is -4.41. The van der Waals surface area contributed by atoms with Crippen LogP contribution in [0.15, 0.2) is 158 Å². The fourth-order valence-corrected chi connectivity index (χ4v) is 8.68. The highest BCUT2D eigenvalue weighted by Gasteiger charge is 2.26. The van der Waals surface area contributed by atoms with Crippen molar-refractivity contribution < 1.29 is 37.6 Å². The fraction of sp³-hybridized carbons (Fsp3) is 0.594. The quantitative estimate of drug-likeness (QED) is 0.0264. The molecular weight excluding hydrogens is 1000 g/mol. The minimum absolute atomic E-state index is 0.0422.